The van der Waals surface area contributed by atoms with Crippen LogP contribution in [0.4, 0.5) is 5.69 Å². The van der Waals surface area contributed by atoms with E-state index < -0.39 is 0 Å². The summed E-state index contributed by atoms with van der Waals surface area (Å²) in [6, 6.07) is 8.27. The van der Waals surface area contributed by atoms with E-state index in [1.807, 2.05) is 43.3 Å². The number of nitrogens with one attached hydrogen (secondary N) is 2. The molecule has 1 aliphatic heterocycles. The summed E-state index contributed by atoms with van der Waals surface area (Å²) >= 11 is 0. The molecular weight excluding hydrogens is 250 g/mol. The average molecular weight is 275 g/mol. The van der Waals surface area contributed by atoms with Gasteiger partial charge in [-0.1, -0.05) is 6.42 Å². The third-order valence-electron chi connectivity index (χ3n) is 3.84. The minimum Gasteiger partial charge on any atom is -0.378 e. The Morgan fingerprint density at radius 2 is 2.05 bits per heavy atom. The first kappa shape index (κ1) is 14.9. The number of carbonyl (C=O) groups is 1. The average Bonchev–Trinajstić information content (AvgIpc) is 2.48. The van der Waals surface area contributed by atoms with Gasteiger partial charge in [0.1, 0.15) is 0 Å². The molecule has 0 saturated carbocycles. The smallest absolute Gasteiger partial charge is 0.251 e. The predicted molar refractivity (Wildman–Crippen MR) is 83.4 cm³/mol. The summed E-state index contributed by atoms with van der Waals surface area (Å²) in [6.45, 7) is 1.86. The maximum atomic E-state index is 12.0. The number of benzene rings is 1. The molecule has 2 rings (SSSR count). The van der Waals surface area contributed by atoms with E-state index in [-0.39, 0.29) is 5.91 Å². The van der Waals surface area contributed by atoms with Gasteiger partial charge >= 0.3 is 0 Å². The second kappa shape index (κ2) is 7.29. The van der Waals surface area contributed by atoms with Crippen molar-refractivity contribution in [2.45, 2.75) is 31.7 Å². The van der Waals surface area contributed by atoms with Gasteiger partial charge < -0.3 is 15.5 Å². The van der Waals surface area contributed by atoms with E-state index >= 15 is 0 Å². The van der Waals surface area contributed by atoms with Crippen molar-refractivity contribution in [2.75, 3.05) is 32.1 Å². The molecule has 1 atom stereocenters. The Balaban J connectivity index is 1.76. The van der Waals surface area contributed by atoms with Crippen molar-refractivity contribution in [3.8, 4) is 0 Å². The summed E-state index contributed by atoms with van der Waals surface area (Å²) in [6.07, 6.45) is 4.83. The van der Waals surface area contributed by atoms with Crippen molar-refractivity contribution in [2.24, 2.45) is 0 Å². The van der Waals surface area contributed by atoms with Crippen LogP contribution in [0, 0.1) is 0 Å². The molecule has 0 aromatic heterocycles. The maximum Gasteiger partial charge on any atom is 0.251 e. The monoisotopic (exact) mass is 275 g/mol. The van der Waals surface area contributed by atoms with Gasteiger partial charge in [-0.05, 0) is 50.1 Å². The molecule has 20 heavy (non-hydrogen) atoms. The molecular formula is C16H25N3O. The second-order valence-electron chi connectivity index (χ2n) is 5.63. The first-order valence-corrected chi connectivity index (χ1v) is 7.46. The Labute approximate surface area is 121 Å². The molecule has 1 fully saturated rings. The zero-order valence-corrected chi connectivity index (χ0v) is 12.5. The highest BCUT2D eigenvalue weighted by molar-refractivity contribution is 5.94. The number of piperidine rings is 1. The molecule has 0 spiro atoms. The van der Waals surface area contributed by atoms with Crippen molar-refractivity contribution < 1.29 is 4.79 Å². The van der Waals surface area contributed by atoms with Crippen LogP contribution < -0.4 is 15.5 Å². The van der Waals surface area contributed by atoms with Crippen LogP contribution >= 0.6 is 0 Å². The molecule has 0 aliphatic carbocycles. The van der Waals surface area contributed by atoms with Gasteiger partial charge in [-0.2, -0.15) is 0 Å². The summed E-state index contributed by atoms with van der Waals surface area (Å²) in [4.78, 5) is 14.0. The number of carbonyl (C=O) groups excluding carboxylic acids is 1. The van der Waals surface area contributed by atoms with Gasteiger partial charge in [0, 0.05) is 37.9 Å². The first-order valence-electron chi connectivity index (χ1n) is 7.46. The summed E-state index contributed by atoms with van der Waals surface area (Å²) < 4.78 is 0. The van der Waals surface area contributed by atoms with E-state index in [9.17, 15) is 4.79 Å². The Bertz CT molecular complexity index is 422. The van der Waals surface area contributed by atoms with E-state index in [1.165, 1.54) is 19.3 Å². The van der Waals surface area contributed by atoms with E-state index in [0.717, 1.165) is 30.8 Å². The fraction of sp³-hybridized carbons (Fsp3) is 0.562. The molecule has 1 saturated heterocycles. The summed E-state index contributed by atoms with van der Waals surface area (Å²) in [5.41, 5.74) is 1.83. The molecule has 2 N–H and O–H groups in total. The van der Waals surface area contributed by atoms with E-state index in [0.29, 0.717) is 6.04 Å². The third-order valence-corrected chi connectivity index (χ3v) is 3.84. The Morgan fingerprint density at radius 3 is 2.65 bits per heavy atom. The zero-order valence-electron chi connectivity index (χ0n) is 12.5. The first-order chi connectivity index (χ1) is 9.66. The molecule has 1 unspecified atom stereocenters. The van der Waals surface area contributed by atoms with Crippen molar-refractivity contribution in [3.05, 3.63) is 29.8 Å². The number of rotatable bonds is 5. The fourth-order valence-electron chi connectivity index (χ4n) is 2.54. The van der Waals surface area contributed by atoms with Gasteiger partial charge in [0.2, 0.25) is 0 Å². The minimum absolute atomic E-state index is 0.0196. The second-order valence-corrected chi connectivity index (χ2v) is 5.63. The number of hydrogen-bond donors (Lipinski definition) is 2. The molecule has 4 nitrogen and oxygen atoms in total. The standard InChI is InChI=1S/C16H25N3O/c1-19(2)15-8-6-13(7-9-15)16(20)18-12-10-14-5-3-4-11-17-14/h6-9,14,17H,3-5,10-12H2,1-2H3,(H,18,20). The number of anilines is 1. The highest BCUT2D eigenvalue weighted by Gasteiger charge is 2.12. The lowest BCUT2D eigenvalue weighted by atomic mass is 10.0. The van der Waals surface area contributed by atoms with Crippen molar-refractivity contribution in [3.63, 3.8) is 0 Å². The number of hydrogen-bond acceptors (Lipinski definition) is 3. The van der Waals surface area contributed by atoms with Gasteiger partial charge in [0.15, 0.2) is 0 Å². The van der Waals surface area contributed by atoms with E-state index in [4.69, 9.17) is 0 Å². The molecule has 110 valence electrons. The van der Waals surface area contributed by atoms with E-state index in [2.05, 4.69) is 10.6 Å². The van der Waals surface area contributed by atoms with Gasteiger partial charge in [0.25, 0.3) is 5.91 Å². The lowest BCUT2D eigenvalue weighted by Crippen LogP contribution is -2.37. The van der Waals surface area contributed by atoms with Crippen LogP contribution in [0.25, 0.3) is 0 Å². The minimum atomic E-state index is 0.0196. The largest absolute Gasteiger partial charge is 0.378 e. The van der Waals surface area contributed by atoms with Crippen LogP contribution in [-0.2, 0) is 0 Å². The number of amides is 1. The quantitative estimate of drug-likeness (QED) is 0.864. The molecule has 1 aliphatic rings. The maximum absolute atomic E-state index is 12.0. The fourth-order valence-corrected chi connectivity index (χ4v) is 2.54. The van der Waals surface area contributed by atoms with Crippen molar-refractivity contribution in [1.82, 2.24) is 10.6 Å². The normalized spacial score (nSPS) is 18.6. The summed E-state index contributed by atoms with van der Waals surface area (Å²) in [7, 11) is 3.98. The Morgan fingerprint density at radius 1 is 1.30 bits per heavy atom. The molecule has 4 heteroatoms. The third kappa shape index (κ3) is 4.23. The van der Waals surface area contributed by atoms with E-state index in [1.54, 1.807) is 0 Å². The lowest BCUT2D eigenvalue weighted by molar-refractivity contribution is 0.0951. The molecule has 0 bridgehead atoms. The van der Waals surface area contributed by atoms with Crippen LogP contribution in [0.3, 0.4) is 0 Å². The molecule has 1 aromatic rings. The van der Waals surface area contributed by atoms with Gasteiger partial charge in [-0.15, -0.1) is 0 Å². The van der Waals surface area contributed by atoms with Crippen LogP contribution in [-0.4, -0.2) is 39.1 Å². The van der Waals surface area contributed by atoms with Crippen LogP contribution in [0.1, 0.15) is 36.0 Å². The highest BCUT2D eigenvalue weighted by Crippen LogP contribution is 2.12. The topological polar surface area (TPSA) is 44.4 Å². The zero-order chi connectivity index (χ0) is 14.4. The van der Waals surface area contributed by atoms with Crippen molar-refractivity contribution >= 4 is 11.6 Å². The van der Waals surface area contributed by atoms with Crippen LogP contribution in [0.2, 0.25) is 0 Å². The Hall–Kier alpha value is -1.55. The summed E-state index contributed by atoms with van der Waals surface area (Å²) in [5, 5.41) is 6.50. The molecule has 0 radical (unpaired) electrons. The summed E-state index contributed by atoms with van der Waals surface area (Å²) in [5.74, 6) is 0.0196. The van der Waals surface area contributed by atoms with Gasteiger partial charge in [-0.3, -0.25) is 4.79 Å². The number of nitrogens with zero attached hydrogens (tertiary/aromatic N) is 1. The molecule has 1 aromatic carbocycles. The van der Waals surface area contributed by atoms with Crippen LogP contribution in [0.5, 0.6) is 0 Å². The van der Waals surface area contributed by atoms with Crippen molar-refractivity contribution in [1.29, 1.82) is 0 Å². The SMILES string of the molecule is CN(C)c1ccc(C(=O)NCCC2CCCCN2)cc1. The predicted octanol–water partition coefficient (Wildman–Crippen LogP) is 2.01. The molecule has 1 heterocycles. The van der Waals surface area contributed by atoms with Gasteiger partial charge in [0.05, 0.1) is 0 Å². The lowest BCUT2D eigenvalue weighted by Gasteiger charge is -2.23. The van der Waals surface area contributed by atoms with Gasteiger partial charge in [-0.25, -0.2) is 0 Å². The van der Waals surface area contributed by atoms with Crippen LogP contribution in [0.15, 0.2) is 24.3 Å². The Kier molecular flexibility index (Phi) is 5.41. The molecule has 1 amide bonds. The highest BCUT2D eigenvalue weighted by atomic mass is 16.1.